The number of carbonyl (C=O) groups excluding carboxylic acids is 1. The van der Waals surface area contributed by atoms with E-state index in [2.05, 4.69) is 25.6 Å². The van der Waals surface area contributed by atoms with Crippen LogP contribution in [0.3, 0.4) is 0 Å². The second-order valence-corrected chi connectivity index (χ2v) is 8.40. The molecule has 0 bridgehead atoms. The lowest BCUT2D eigenvalue weighted by atomic mass is 9.85. The summed E-state index contributed by atoms with van der Waals surface area (Å²) in [5.74, 6) is -4.35. The number of aliphatic hydroxyl groups is 1. The van der Waals surface area contributed by atoms with Crippen molar-refractivity contribution in [3.05, 3.63) is 35.8 Å². The van der Waals surface area contributed by atoms with E-state index in [0.29, 0.717) is 43.3 Å². The van der Waals surface area contributed by atoms with Crippen molar-refractivity contribution in [1.29, 1.82) is 0 Å². The standard InChI is InChI=1S/C22H26F3N7O2/c1-2-12(10-33)28-21-27-9-16-20(31-21)32(13-5-3-11(4-6-13)19(26)34)22(30-16)29-15-8-7-14(23)17(24)18(15)25/h7-9,11-13,33H,2-6,10H2,1H3,(H2,26,34)(H,29,30)(H,27,28,31)/t11-,12-,13-/m0/s1. The molecule has 1 atom stereocenters. The van der Waals surface area contributed by atoms with E-state index in [1.54, 1.807) is 4.57 Å². The lowest BCUT2D eigenvalue weighted by Crippen LogP contribution is -2.29. The van der Waals surface area contributed by atoms with Gasteiger partial charge in [-0.15, -0.1) is 0 Å². The van der Waals surface area contributed by atoms with Crippen molar-refractivity contribution >= 4 is 34.7 Å². The van der Waals surface area contributed by atoms with E-state index in [-0.39, 0.29) is 48.1 Å². The maximum atomic E-state index is 14.4. The minimum absolute atomic E-state index is 0.101. The number of aromatic nitrogens is 4. The summed E-state index contributed by atoms with van der Waals surface area (Å²) in [5.41, 5.74) is 6.03. The highest BCUT2D eigenvalue weighted by Crippen LogP contribution is 2.37. The van der Waals surface area contributed by atoms with Crippen LogP contribution in [0.15, 0.2) is 18.3 Å². The van der Waals surface area contributed by atoms with Gasteiger partial charge in [-0.1, -0.05) is 6.92 Å². The molecule has 12 heteroatoms. The number of nitrogens with zero attached hydrogens (tertiary/aromatic N) is 4. The van der Waals surface area contributed by atoms with E-state index >= 15 is 0 Å². The van der Waals surface area contributed by atoms with Crippen molar-refractivity contribution in [2.24, 2.45) is 11.7 Å². The summed E-state index contributed by atoms with van der Waals surface area (Å²) in [5, 5.41) is 15.3. The maximum Gasteiger partial charge on any atom is 0.225 e. The van der Waals surface area contributed by atoms with Crippen LogP contribution >= 0.6 is 0 Å². The number of rotatable bonds is 8. The van der Waals surface area contributed by atoms with E-state index in [1.807, 2.05) is 6.92 Å². The summed E-state index contributed by atoms with van der Waals surface area (Å²) in [7, 11) is 0. The molecule has 2 heterocycles. The van der Waals surface area contributed by atoms with Crippen molar-refractivity contribution < 1.29 is 23.1 Å². The summed E-state index contributed by atoms with van der Waals surface area (Å²) in [4.78, 5) is 24.9. The number of anilines is 3. The smallest absolute Gasteiger partial charge is 0.225 e. The van der Waals surface area contributed by atoms with Gasteiger partial charge in [0.05, 0.1) is 24.5 Å². The van der Waals surface area contributed by atoms with Crippen LogP contribution in [0.1, 0.15) is 45.1 Å². The summed E-state index contributed by atoms with van der Waals surface area (Å²) in [6, 6.07) is 1.52. The number of halogens is 3. The number of nitrogens with one attached hydrogen (secondary N) is 2. The molecule has 2 aromatic heterocycles. The van der Waals surface area contributed by atoms with Crippen LogP contribution in [-0.4, -0.2) is 43.2 Å². The van der Waals surface area contributed by atoms with E-state index in [1.165, 1.54) is 6.20 Å². The number of fused-ring (bicyclic) bond motifs is 1. The Labute approximate surface area is 193 Å². The summed E-state index contributed by atoms with van der Waals surface area (Å²) in [6.07, 6.45) is 4.46. The SMILES string of the molecule is CC[C@@H](CO)Nc1ncc2nc(Nc3ccc(F)c(F)c3F)n([C@H]3CC[C@H](C(N)=O)CC3)c2n1. The molecular formula is C22H26F3N7O2. The zero-order valence-corrected chi connectivity index (χ0v) is 18.6. The first kappa shape index (κ1) is 23.7. The molecule has 1 aliphatic carbocycles. The normalized spacial score (nSPS) is 19.2. The van der Waals surface area contributed by atoms with Crippen LogP contribution in [-0.2, 0) is 4.79 Å². The molecule has 0 radical (unpaired) electrons. The molecule has 0 spiro atoms. The van der Waals surface area contributed by atoms with Crippen LogP contribution in [0.4, 0.5) is 30.8 Å². The third kappa shape index (κ3) is 4.63. The number of primary amides is 1. The molecule has 0 aliphatic heterocycles. The minimum atomic E-state index is -1.59. The van der Waals surface area contributed by atoms with Crippen molar-refractivity contribution in [1.82, 2.24) is 19.5 Å². The molecule has 3 aromatic rings. The highest BCUT2D eigenvalue weighted by molar-refractivity contribution is 5.78. The van der Waals surface area contributed by atoms with E-state index in [9.17, 15) is 23.1 Å². The summed E-state index contributed by atoms with van der Waals surface area (Å²) in [6.45, 7) is 1.81. The number of amides is 1. The summed E-state index contributed by atoms with van der Waals surface area (Å²) >= 11 is 0. The largest absolute Gasteiger partial charge is 0.394 e. The van der Waals surface area contributed by atoms with Gasteiger partial charge in [-0.25, -0.2) is 23.1 Å². The van der Waals surface area contributed by atoms with Crippen molar-refractivity contribution in [3.8, 4) is 0 Å². The van der Waals surface area contributed by atoms with E-state index < -0.39 is 17.5 Å². The Hall–Kier alpha value is -3.41. The fourth-order valence-electron chi connectivity index (χ4n) is 4.22. The molecule has 5 N–H and O–H groups in total. The van der Waals surface area contributed by atoms with Crippen LogP contribution in [0, 0.1) is 23.4 Å². The zero-order valence-electron chi connectivity index (χ0n) is 18.6. The Kier molecular flexibility index (Phi) is 6.87. The van der Waals surface area contributed by atoms with Gasteiger partial charge in [-0.3, -0.25) is 9.36 Å². The molecule has 34 heavy (non-hydrogen) atoms. The van der Waals surface area contributed by atoms with Gasteiger partial charge in [0.25, 0.3) is 0 Å². The Balaban J connectivity index is 1.75. The molecule has 1 fully saturated rings. The molecule has 182 valence electrons. The number of benzene rings is 1. The lowest BCUT2D eigenvalue weighted by Gasteiger charge is -2.29. The average Bonchev–Trinajstić information content (AvgIpc) is 3.20. The van der Waals surface area contributed by atoms with Crippen LogP contribution in [0.5, 0.6) is 0 Å². The Morgan fingerprint density at radius 3 is 2.59 bits per heavy atom. The van der Waals surface area contributed by atoms with Crippen LogP contribution in [0.2, 0.25) is 0 Å². The quantitative estimate of drug-likeness (QED) is 0.366. The third-order valence-corrected chi connectivity index (χ3v) is 6.23. The molecule has 1 aliphatic rings. The lowest BCUT2D eigenvalue weighted by molar-refractivity contribution is -0.122. The monoisotopic (exact) mass is 477 g/mol. The van der Waals surface area contributed by atoms with Crippen molar-refractivity contribution in [2.45, 2.75) is 51.1 Å². The number of nitrogens with two attached hydrogens (primary N) is 1. The molecule has 0 saturated heterocycles. The highest BCUT2D eigenvalue weighted by atomic mass is 19.2. The van der Waals surface area contributed by atoms with Gasteiger partial charge in [0.1, 0.15) is 5.52 Å². The highest BCUT2D eigenvalue weighted by Gasteiger charge is 2.29. The van der Waals surface area contributed by atoms with Gasteiger partial charge >= 0.3 is 0 Å². The number of carbonyl (C=O) groups is 1. The molecule has 4 rings (SSSR count). The molecular weight excluding hydrogens is 451 g/mol. The van der Waals surface area contributed by atoms with Gasteiger partial charge in [0, 0.05) is 12.0 Å². The molecule has 1 amide bonds. The van der Waals surface area contributed by atoms with Gasteiger partial charge in [-0.2, -0.15) is 4.98 Å². The van der Waals surface area contributed by atoms with Crippen molar-refractivity contribution in [2.75, 3.05) is 17.2 Å². The Morgan fingerprint density at radius 1 is 1.21 bits per heavy atom. The number of imidazole rings is 1. The van der Waals surface area contributed by atoms with Gasteiger partial charge < -0.3 is 21.5 Å². The first-order valence-corrected chi connectivity index (χ1v) is 11.1. The van der Waals surface area contributed by atoms with E-state index in [4.69, 9.17) is 5.73 Å². The first-order valence-electron chi connectivity index (χ1n) is 11.1. The van der Waals surface area contributed by atoms with Crippen LogP contribution in [0.25, 0.3) is 11.2 Å². The number of aliphatic hydroxyl groups excluding tert-OH is 1. The molecule has 1 aromatic carbocycles. The molecule has 0 unspecified atom stereocenters. The van der Waals surface area contributed by atoms with Gasteiger partial charge in [0.2, 0.25) is 17.8 Å². The van der Waals surface area contributed by atoms with Gasteiger partial charge in [-0.05, 0) is 44.2 Å². The predicted octanol–water partition coefficient (Wildman–Crippen LogP) is 3.39. The van der Waals surface area contributed by atoms with E-state index in [0.717, 1.165) is 12.1 Å². The molecule has 9 nitrogen and oxygen atoms in total. The second kappa shape index (κ2) is 9.84. The average molecular weight is 477 g/mol. The fourth-order valence-corrected chi connectivity index (χ4v) is 4.22. The van der Waals surface area contributed by atoms with Gasteiger partial charge in [0.15, 0.2) is 23.1 Å². The topological polar surface area (TPSA) is 131 Å². The number of hydrogen-bond donors (Lipinski definition) is 4. The summed E-state index contributed by atoms with van der Waals surface area (Å²) < 4.78 is 43.3. The maximum absolute atomic E-state index is 14.4. The second-order valence-electron chi connectivity index (χ2n) is 8.40. The fraction of sp³-hybridized carbons (Fsp3) is 0.455. The third-order valence-electron chi connectivity index (χ3n) is 6.23. The van der Waals surface area contributed by atoms with Crippen molar-refractivity contribution in [3.63, 3.8) is 0 Å². The Bertz CT molecular complexity index is 1190. The Morgan fingerprint density at radius 2 is 1.94 bits per heavy atom. The predicted molar refractivity (Wildman–Crippen MR) is 120 cm³/mol. The molecule has 1 saturated carbocycles. The van der Waals surface area contributed by atoms with Crippen LogP contribution < -0.4 is 16.4 Å². The first-order chi connectivity index (χ1) is 16.3. The minimum Gasteiger partial charge on any atom is -0.394 e. The number of hydrogen-bond acceptors (Lipinski definition) is 7. The zero-order chi connectivity index (χ0) is 24.4.